The van der Waals surface area contributed by atoms with Gasteiger partial charge in [0.1, 0.15) is 5.69 Å². The van der Waals surface area contributed by atoms with Crippen LogP contribution in [-0.2, 0) is 6.54 Å². The Hall–Kier alpha value is -2.55. The summed E-state index contributed by atoms with van der Waals surface area (Å²) in [6, 6.07) is 14.3. The summed E-state index contributed by atoms with van der Waals surface area (Å²) in [4.78, 5) is 12.9. The molecule has 1 aromatic heterocycles. The van der Waals surface area contributed by atoms with E-state index in [9.17, 15) is 4.79 Å². The van der Waals surface area contributed by atoms with Crippen molar-refractivity contribution in [3.63, 3.8) is 0 Å². The highest BCUT2D eigenvalue weighted by Crippen LogP contribution is 2.27. The summed E-state index contributed by atoms with van der Waals surface area (Å²) >= 11 is 0. The zero-order chi connectivity index (χ0) is 16.6. The maximum Gasteiger partial charge on any atom is 0.272 e. The van der Waals surface area contributed by atoms with E-state index in [0.717, 1.165) is 45.5 Å². The lowest BCUT2D eigenvalue weighted by Gasteiger charge is -2.12. The summed E-state index contributed by atoms with van der Waals surface area (Å²) in [6.07, 6.45) is 0. The van der Waals surface area contributed by atoms with Crippen LogP contribution in [-0.4, -0.2) is 10.5 Å². The predicted molar refractivity (Wildman–Crippen MR) is 96.2 cm³/mol. The van der Waals surface area contributed by atoms with E-state index in [4.69, 9.17) is 0 Å². The Kier molecular flexibility index (Phi) is 3.95. The third-order valence-electron chi connectivity index (χ3n) is 4.40. The minimum Gasteiger partial charge on any atom is -0.337 e. The second-order valence-corrected chi connectivity index (χ2v) is 6.01. The highest BCUT2D eigenvalue weighted by atomic mass is 16.2. The Morgan fingerprint density at radius 3 is 2.57 bits per heavy atom. The first-order valence-electron chi connectivity index (χ1n) is 7.99. The molecule has 2 aromatic carbocycles. The van der Waals surface area contributed by atoms with Gasteiger partial charge < -0.3 is 9.88 Å². The van der Waals surface area contributed by atoms with E-state index in [1.165, 1.54) is 0 Å². The van der Waals surface area contributed by atoms with Crippen LogP contribution in [0.1, 0.15) is 34.1 Å². The average Bonchev–Trinajstić information content (AvgIpc) is 2.83. The van der Waals surface area contributed by atoms with Crippen LogP contribution in [0, 0.1) is 20.8 Å². The third-order valence-corrected chi connectivity index (χ3v) is 4.40. The molecule has 0 aliphatic carbocycles. The smallest absolute Gasteiger partial charge is 0.272 e. The van der Waals surface area contributed by atoms with E-state index in [-0.39, 0.29) is 5.91 Å². The highest BCUT2D eigenvalue weighted by molar-refractivity contribution is 6.08. The number of aromatic nitrogens is 1. The number of anilines is 1. The topological polar surface area (TPSA) is 34.0 Å². The SMILES string of the molecule is CCn1c(C(=O)Nc2cc(C)ccc2C)c(C)c2ccccc21. The number of hydrogen-bond acceptors (Lipinski definition) is 1. The van der Waals surface area contributed by atoms with E-state index in [0.29, 0.717) is 0 Å². The van der Waals surface area contributed by atoms with Gasteiger partial charge in [-0.1, -0.05) is 30.3 Å². The molecular formula is C20H22N2O. The van der Waals surface area contributed by atoms with Crippen molar-refractivity contribution in [2.24, 2.45) is 0 Å². The molecule has 0 atom stereocenters. The number of rotatable bonds is 3. The van der Waals surface area contributed by atoms with Crippen LogP contribution < -0.4 is 5.32 Å². The third kappa shape index (κ3) is 2.63. The van der Waals surface area contributed by atoms with E-state index in [1.807, 2.05) is 45.0 Å². The fourth-order valence-electron chi connectivity index (χ4n) is 3.15. The number of carbonyl (C=O) groups is 1. The number of carbonyl (C=O) groups excluding carboxylic acids is 1. The standard InChI is InChI=1S/C20H22N2O/c1-5-22-18-9-7-6-8-16(18)15(4)19(22)20(23)21-17-12-13(2)10-11-14(17)3/h6-12H,5H2,1-4H3,(H,21,23). The maximum atomic E-state index is 12.9. The van der Waals surface area contributed by atoms with Crippen molar-refractivity contribution in [2.45, 2.75) is 34.2 Å². The Bertz CT molecular complexity index is 890. The lowest BCUT2D eigenvalue weighted by Crippen LogP contribution is -2.18. The first-order chi connectivity index (χ1) is 11.0. The lowest BCUT2D eigenvalue weighted by molar-refractivity contribution is 0.101. The van der Waals surface area contributed by atoms with Crippen LogP contribution in [0.25, 0.3) is 10.9 Å². The van der Waals surface area contributed by atoms with Gasteiger partial charge in [0.2, 0.25) is 0 Å². The lowest BCUT2D eigenvalue weighted by atomic mass is 10.1. The van der Waals surface area contributed by atoms with Gasteiger partial charge >= 0.3 is 0 Å². The Morgan fingerprint density at radius 2 is 1.83 bits per heavy atom. The molecule has 0 radical (unpaired) electrons. The van der Waals surface area contributed by atoms with Crippen molar-refractivity contribution < 1.29 is 4.79 Å². The van der Waals surface area contributed by atoms with Crippen LogP contribution in [0.2, 0.25) is 0 Å². The van der Waals surface area contributed by atoms with Gasteiger partial charge in [0.05, 0.1) is 0 Å². The number of hydrogen-bond donors (Lipinski definition) is 1. The van der Waals surface area contributed by atoms with Crippen molar-refractivity contribution in [3.05, 3.63) is 64.8 Å². The number of nitrogens with zero attached hydrogens (tertiary/aromatic N) is 1. The zero-order valence-electron chi connectivity index (χ0n) is 14.1. The second-order valence-electron chi connectivity index (χ2n) is 6.01. The fraction of sp³-hybridized carbons (Fsp3) is 0.250. The summed E-state index contributed by atoms with van der Waals surface area (Å²) < 4.78 is 2.09. The van der Waals surface area contributed by atoms with Crippen molar-refractivity contribution in [1.82, 2.24) is 4.57 Å². The largest absolute Gasteiger partial charge is 0.337 e. The Morgan fingerprint density at radius 1 is 1.09 bits per heavy atom. The van der Waals surface area contributed by atoms with Crippen molar-refractivity contribution in [3.8, 4) is 0 Å². The van der Waals surface area contributed by atoms with Gasteiger partial charge in [-0.3, -0.25) is 4.79 Å². The molecule has 3 heteroatoms. The zero-order valence-corrected chi connectivity index (χ0v) is 14.1. The molecule has 0 saturated heterocycles. The van der Waals surface area contributed by atoms with Gasteiger partial charge in [0.25, 0.3) is 5.91 Å². The van der Waals surface area contributed by atoms with Crippen LogP contribution in [0.5, 0.6) is 0 Å². The van der Waals surface area contributed by atoms with Crippen LogP contribution in [0.3, 0.4) is 0 Å². The van der Waals surface area contributed by atoms with E-state index >= 15 is 0 Å². The van der Waals surface area contributed by atoms with Gasteiger partial charge in [0, 0.05) is 23.1 Å². The normalized spacial score (nSPS) is 11.0. The van der Waals surface area contributed by atoms with Crippen LogP contribution >= 0.6 is 0 Å². The van der Waals surface area contributed by atoms with Crippen molar-refractivity contribution >= 4 is 22.5 Å². The van der Waals surface area contributed by atoms with Crippen LogP contribution in [0.15, 0.2) is 42.5 Å². The van der Waals surface area contributed by atoms with Gasteiger partial charge in [-0.15, -0.1) is 0 Å². The average molecular weight is 306 g/mol. The molecule has 118 valence electrons. The van der Waals surface area contributed by atoms with Gasteiger partial charge in [0.15, 0.2) is 0 Å². The van der Waals surface area contributed by atoms with Crippen molar-refractivity contribution in [2.75, 3.05) is 5.32 Å². The summed E-state index contributed by atoms with van der Waals surface area (Å²) in [7, 11) is 0. The van der Waals surface area contributed by atoms with E-state index in [1.54, 1.807) is 0 Å². The maximum absolute atomic E-state index is 12.9. The minimum absolute atomic E-state index is 0.0470. The summed E-state index contributed by atoms with van der Waals surface area (Å²) in [6.45, 7) is 8.90. The molecule has 0 unspecified atom stereocenters. The second kappa shape index (κ2) is 5.92. The summed E-state index contributed by atoms with van der Waals surface area (Å²) in [5.41, 5.74) is 5.97. The first kappa shape index (κ1) is 15.3. The van der Waals surface area contributed by atoms with Crippen LogP contribution in [0.4, 0.5) is 5.69 Å². The molecule has 0 aliphatic rings. The number of para-hydroxylation sites is 1. The monoisotopic (exact) mass is 306 g/mol. The summed E-state index contributed by atoms with van der Waals surface area (Å²) in [5, 5.41) is 4.22. The highest BCUT2D eigenvalue weighted by Gasteiger charge is 2.19. The molecule has 0 saturated carbocycles. The molecule has 1 heterocycles. The van der Waals surface area contributed by atoms with Gasteiger partial charge in [-0.2, -0.15) is 0 Å². The van der Waals surface area contributed by atoms with Gasteiger partial charge in [-0.25, -0.2) is 0 Å². The number of amides is 1. The molecule has 0 aliphatic heterocycles. The first-order valence-corrected chi connectivity index (χ1v) is 7.99. The minimum atomic E-state index is -0.0470. The quantitative estimate of drug-likeness (QED) is 0.738. The molecule has 3 aromatic rings. The van der Waals surface area contributed by atoms with Gasteiger partial charge in [-0.05, 0) is 56.5 Å². The number of aryl methyl sites for hydroxylation is 4. The Labute approximate surface area is 136 Å². The molecule has 0 fully saturated rings. The Balaban J connectivity index is 2.07. The van der Waals surface area contributed by atoms with Crippen molar-refractivity contribution in [1.29, 1.82) is 0 Å². The molecule has 1 amide bonds. The summed E-state index contributed by atoms with van der Waals surface area (Å²) in [5.74, 6) is -0.0470. The number of fused-ring (bicyclic) bond motifs is 1. The predicted octanol–water partition coefficient (Wildman–Crippen LogP) is 4.84. The van der Waals surface area contributed by atoms with E-state index in [2.05, 4.69) is 35.0 Å². The molecule has 3 nitrogen and oxygen atoms in total. The number of nitrogens with one attached hydrogen (secondary N) is 1. The molecule has 3 rings (SSSR count). The molecular weight excluding hydrogens is 284 g/mol. The van der Waals surface area contributed by atoms with E-state index < -0.39 is 0 Å². The molecule has 0 spiro atoms. The molecule has 0 bridgehead atoms. The fourth-order valence-corrected chi connectivity index (χ4v) is 3.15. The molecule has 1 N–H and O–H groups in total. The number of benzene rings is 2. The molecule has 23 heavy (non-hydrogen) atoms.